The summed E-state index contributed by atoms with van der Waals surface area (Å²) >= 11 is 0. The monoisotopic (exact) mass is 344 g/mol. The molecule has 0 aromatic heterocycles. The van der Waals surface area contributed by atoms with Crippen molar-refractivity contribution in [1.29, 1.82) is 0 Å². The van der Waals surface area contributed by atoms with E-state index < -0.39 is 35.9 Å². The van der Waals surface area contributed by atoms with Gasteiger partial charge in [-0.05, 0) is 25.7 Å². The summed E-state index contributed by atoms with van der Waals surface area (Å²) < 4.78 is 27.3. The normalized spacial score (nSPS) is 15.5. The Morgan fingerprint density at radius 2 is 1.83 bits per heavy atom. The molecule has 0 aromatic rings. The number of carbonyl (C=O) groups is 2. The Morgan fingerprint density at radius 1 is 1.17 bits per heavy atom. The first-order valence-corrected chi connectivity index (χ1v) is 8.87. The van der Waals surface area contributed by atoms with E-state index in [9.17, 15) is 14.7 Å². The number of esters is 1. The fourth-order valence-electron chi connectivity index (χ4n) is 2.37. The van der Waals surface area contributed by atoms with Crippen LogP contribution in [0.25, 0.3) is 0 Å². The average Bonchev–Trinajstić information content (AvgIpc) is 2.51. The van der Waals surface area contributed by atoms with Gasteiger partial charge in [-0.2, -0.15) is 0 Å². The van der Waals surface area contributed by atoms with Crippen LogP contribution < -0.4 is 5.11 Å². The molecule has 0 aromatic carbocycles. The molecule has 0 heterocycles. The van der Waals surface area contributed by atoms with E-state index in [1.807, 2.05) is 6.08 Å². The maximum atomic E-state index is 12.0. The number of aliphatic carboxylic acids is 1. The maximum absolute atomic E-state index is 12.0. The van der Waals surface area contributed by atoms with Gasteiger partial charge >= 0.3 is 5.97 Å². The molecule has 0 aliphatic heterocycles. The van der Waals surface area contributed by atoms with Crippen LogP contribution in [0.2, 0.25) is 0 Å². The highest BCUT2D eigenvalue weighted by atomic mass is 16.5. The molecule has 0 aliphatic rings. The van der Waals surface area contributed by atoms with Gasteiger partial charge in [0.05, 0.1) is 25.2 Å². The molecule has 0 saturated carbocycles. The van der Waals surface area contributed by atoms with Gasteiger partial charge < -0.3 is 19.1 Å². The number of rotatable bonds is 14. The average molecular weight is 345 g/mol. The van der Waals surface area contributed by atoms with Crippen molar-refractivity contribution in [1.82, 2.24) is 0 Å². The molecule has 140 valence electrons. The molecule has 5 heteroatoms. The molecule has 0 N–H and O–H groups in total. The number of allylic oxidation sites excluding steroid dienone is 2. The summed E-state index contributed by atoms with van der Waals surface area (Å²) in [6.07, 6.45) is 10.1. The van der Waals surface area contributed by atoms with E-state index in [0.29, 0.717) is 6.42 Å². The first kappa shape index (κ1) is 17.5. The minimum Gasteiger partial charge on any atom is -0.550 e. The third-order valence-electron chi connectivity index (χ3n) is 3.50. The zero-order chi connectivity index (χ0) is 20.9. The number of ether oxygens (including phenoxy) is 1. The van der Waals surface area contributed by atoms with Crippen molar-refractivity contribution in [2.24, 2.45) is 0 Å². The number of hydrogen-bond acceptors (Lipinski definition) is 4. The number of carbonyl (C=O) groups excluding carboxylic acids is 2. The van der Waals surface area contributed by atoms with Crippen LogP contribution in [0.3, 0.4) is 0 Å². The summed E-state index contributed by atoms with van der Waals surface area (Å²) in [5.74, 6) is -1.88. The molecule has 0 unspecified atom stereocenters. The van der Waals surface area contributed by atoms with Gasteiger partial charge in [0.2, 0.25) is 0 Å². The quantitative estimate of drug-likeness (QED) is 0.210. The van der Waals surface area contributed by atoms with Crippen LogP contribution >= 0.6 is 0 Å². The van der Waals surface area contributed by atoms with Crippen LogP contribution in [0.4, 0.5) is 0 Å². The summed E-state index contributed by atoms with van der Waals surface area (Å²) in [5.41, 5.74) is 0. The highest BCUT2D eigenvalue weighted by molar-refractivity contribution is 5.70. The van der Waals surface area contributed by atoms with E-state index in [2.05, 4.69) is 13.0 Å². The standard InChI is InChI=1S/C19H35NO4/c1-5-6-7-8-9-10-11-12-13-14-19(23)24-17(15-18(21)22)16-20(2,3)4/h10-11,17H,5-9,12-16H2,1-4H3/b11-10-/t17-/m0/s1/i2D3. The SMILES string of the molecule is [2H]C([2H])([2H])[N+](C)(C)C[C@H](CC(=O)[O-])OC(=O)CCC/C=C\CCCCCC. The lowest BCUT2D eigenvalue weighted by molar-refractivity contribution is -0.873. The first-order valence-electron chi connectivity index (χ1n) is 10.4. The topological polar surface area (TPSA) is 66.4 Å². The number of nitrogens with zero attached hydrogens (tertiary/aromatic N) is 1. The van der Waals surface area contributed by atoms with Gasteiger partial charge in [0.25, 0.3) is 0 Å². The lowest BCUT2D eigenvalue weighted by Gasteiger charge is -2.29. The summed E-state index contributed by atoms with van der Waals surface area (Å²) in [6, 6.07) is 0. The maximum Gasteiger partial charge on any atom is 0.306 e. The Kier molecular flexibility index (Phi) is 9.45. The molecule has 0 bridgehead atoms. The van der Waals surface area contributed by atoms with Gasteiger partial charge in [0, 0.05) is 18.8 Å². The van der Waals surface area contributed by atoms with Gasteiger partial charge in [-0.3, -0.25) is 4.79 Å². The highest BCUT2D eigenvalue weighted by Gasteiger charge is 2.22. The Hall–Kier alpha value is -1.36. The van der Waals surface area contributed by atoms with Crippen LogP contribution in [0.15, 0.2) is 12.2 Å². The van der Waals surface area contributed by atoms with Crippen molar-refractivity contribution >= 4 is 11.9 Å². The number of unbranched alkanes of at least 4 members (excludes halogenated alkanes) is 5. The molecule has 0 amide bonds. The Balaban J connectivity index is 4.30. The number of quaternary nitrogens is 1. The molecule has 24 heavy (non-hydrogen) atoms. The largest absolute Gasteiger partial charge is 0.550 e. The molecule has 0 fully saturated rings. The minimum absolute atomic E-state index is 0.117. The van der Waals surface area contributed by atoms with Crippen LogP contribution in [0, 0.1) is 0 Å². The van der Waals surface area contributed by atoms with Gasteiger partial charge in [-0.15, -0.1) is 0 Å². The van der Waals surface area contributed by atoms with Crippen LogP contribution in [-0.4, -0.2) is 50.1 Å². The fraction of sp³-hybridized carbons (Fsp3) is 0.789. The number of hydrogen-bond donors (Lipinski definition) is 0. The van der Waals surface area contributed by atoms with Gasteiger partial charge in [-0.1, -0.05) is 38.3 Å². The second-order valence-corrected chi connectivity index (χ2v) is 6.77. The van der Waals surface area contributed by atoms with Gasteiger partial charge in [-0.25, -0.2) is 0 Å². The van der Waals surface area contributed by atoms with Crippen molar-refractivity contribution in [2.45, 2.75) is 70.8 Å². The molecule has 1 atom stereocenters. The molecule has 0 radical (unpaired) electrons. The van der Waals surface area contributed by atoms with E-state index in [1.165, 1.54) is 39.8 Å². The zero-order valence-corrected chi connectivity index (χ0v) is 15.4. The lowest BCUT2D eigenvalue weighted by atomic mass is 10.1. The first-order chi connectivity index (χ1) is 12.5. The predicted octanol–water partition coefficient (Wildman–Crippen LogP) is 2.44. The van der Waals surface area contributed by atoms with E-state index >= 15 is 0 Å². The van der Waals surface area contributed by atoms with E-state index in [1.54, 1.807) is 0 Å². The Bertz CT molecular complexity index is 476. The highest BCUT2D eigenvalue weighted by Crippen LogP contribution is 2.08. The summed E-state index contributed by atoms with van der Waals surface area (Å²) in [7, 11) is 2.91. The lowest BCUT2D eigenvalue weighted by Crippen LogP contribution is -2.45. The van der Waals surface area contributed by atoms with Crippen LogP contribution in [-0.2, 0) is 14.3 Å². The van der Waals surface area contributed by atoms with Crippen molar-refractivity contribution in [3.63, 3.8) is 0 Å². The molecule has 0 spiro atoms. The molecule has 0 rings (SSSR count). The molecule has 5 nitrogen and oxygen atoms in total. The van der Waals surface area contributed by atoms with Crippen molar-refractivity contribution < 1.29 is 28.0 Å². The van der Waals surface area contributed by atoms with Crippen molar-refractivity contribution in [2.75, 3.05) is 27.6 Å². The summed E-state index contributed by atoms with van der Waals surface area (Å²) in [6.45, 7) is -0.276. The minimum atomic E-state index is -2.33. The van der Waals surface area contributed by atoms with Crippen molar-refractivity contribution in [3.05, 3.63) is 12.2 Å². The third-order valence-corrected chi connectivity index (χ3v) is 3.50. The van der Waals surface area contributed by atoms with E-state index in [-0.39, 0.29) is 13.0 Å². The van der Waals surface area contributed by atoms with Crippen LogP contribution in [0.5, 0.6) is 0 Å². The fourth-order valence-corrected chi connectivity index (χ4v) is 2.37. The predicted molar refractivity (Wildman–Crippen MR) is 94.2 cm³/mol. The number of likely N-dealkylation sites (N-methyl/N-ethyl adjacent to an activating group) is 1. The third kappa shape index (κ3) is 15.5. The second-order valence-electron chi connectivity index (χ2n) is 6.77. The summed E-state index contributed by atoms with van der Waals surface area (Å²) in [5, 5.41) is 10.9. The van der Waals surface area contributed by atoms with E-state index in [4.69, 9.17) is 8.85 Å². The van der Waals surface area contributed by atoms with Gasteiger partial charge in [0.15, 0.2) is 6.10 Å². The number of carboxylic acids is 1. The molecular formula is C19H35NO4. The van der Waals surface area contributed by atoms with E-state index in [0.717, 1.165) is 12.8 Å². The summed E-state index contributed by atoms with van der Waals surface area (Å²) in [4.78, 5) is 22.9. The molecule has 0 saturated heterocycles. The molecule has 0 aliphatic carbocycles. The van der Waals surface area contributed by atoms with Crippen LogP contribution in [0.1, 0.15) is 68.8 Å². The smallest absolute Gasteiger partial charge is 0.306 e. The Labute approximate surface area is 151 Å². The second kappa shape index (κ2) is 13.0. The van der Waals surface area contributed by atoms with Gasteiger partial charge in [0.1, 0.15) is 6.54 Å². The van der Waals surface area contributed by atoms with Crippen molar-refractivity contribution in [3.8, 4) is 0 Å². The zero-order valence-electron chi connectivity index (χ0n) is 18.4. The number of carboxylic acid groups (broad SMARTS) is 1. The molecular weight excluding hydrogens is 306 g/mol. The Morgan fingerprint density at radius 3 is 2.42 bits per heavy atom.